The van der Waals surface area contributed by atoms with Crippen LogP contribution in [0.1, 0.15) is 28.9 Å². The summed E-state index contributed by atoms with van der Waals surface area (Å²) in [5.74, 6) is -0.0701. The van der Waals surface area contributed by atoms with E-state index in [0.29, 0.717) is 5.56 Å². The Balaban J connectivity index is 2.20. The molecule has 1 aromatic heterocycles. The van der Waals surface area contributed by atoms with Crippen molar-refractivity contribution in [2.75, 3.05) is 7.05 Å². The standard InChI is InChI=1S/C14H16N2O3S2/c1-10(16(2)14(17)12-7-8-20-9-12)11-3-5-13(6-4-11)21(15,18)19/h3-10H,1-2H3,(H2,15,18,19). The van der Waals surface area contributed by atoms with Crippen LogP contribution in [-0.2, 0) is 10.0 Å². The highest BCUT2D eigenvalue weighted by Gasteiger charge is 2.19. The van der Waals surface area contributed by atoms with Crippen molar-refractivity contribution in [3.63, 3.8) is 0 Å². The maximum Gasteiger partial charge on any atom is 0.254 e. The van der Waals surface area contributed by atoms with E-state index in [1.165, 1.54) is 23.5 Å². The van der Waals surface area contributed by atoms with E-state index in [1.807, 2.05) is 12.3 Å². The first-order valence-electron chi connectivity index (χ1n) is 6.23. The molecular formula is C14H16N2O3S2. The zero-order valence-electron chi connectivity index (χ0n) is 11.7. The molecule has 0 saturated heterocycles. The zero-order valence-corrected chi connectivity index (χ0v) is 13.3. The fourth-order valence-corrected chi connectivity index (χ4v) is 3.07. The monoisotopic (exact) mass is 324 g/mol. The summed E-state index contributed by atoms with van der Waals surface area (Å²) in [6.45, 7) is 1.89. The van der Waals surface area contributed by atoms with Crippen LogP contribution in [0.4, 0.5) is 0 Å². The Kier molecular flexibility index (Phi) is 4.46. The molecule has 2 rings (SSSR count). The van der Waals surface area contributed by atoms with E-state index in [9.17, 15) is 13.2 Å². The lowest BCUT2D eigenvalue weighted by molar-refractivity contribution is 0.0743. The van der Waals surface area contributed by atoms with Gasteiger partial charge in [0.1, 0.15) is 0 Å². The number of thiophene rings is 1. The Morgan fingerprint density at radius 3 is 2.33 bits per heavy atom. The van der Waals surface area contributed by atoms with E-state index in [-0.39, 0.29) is 16.8 Å². The number of nitrogens with zero attached hydrogens (tertiary/aromatic N) is 1. The number of nitrogens with two attached hydrogens (primary N) is 1. The summed E-state index contributed by atoms with van der Waals surface area (Å²) in [4.78, 5) is 13.9. The van der Waals surface area contributed by atoms with E-state index in [2.05, 4.69) is 0 Å². The molecule has 0 radical (unpaired) electrons. The number of rotatable bonds is 4. The van der Waals surface area contributed by atoms with Crippen molar-refractivity contribution in [1.82, 2.24) is 4.90 Å². The SMILES string of the molecule is CC(c1ccc(S(N)(=O)=O)cc1)N(C)C(=O)c1ccsc1. The number of carbonyl (C=O) groups excluding carboxylic acids is 1. The summed E-state index contributed by atoms with van der Waals surface area (Å²) in [6.07, 6.45) is 0. The summed E-state index contributed by atoms with van der Waals surface area (Å²) in [5, 5.41) is 8.72. The quantitative estimate of drug-likeness (QED) is 0.936. The van der Waals surface area contributed by atoms with Gasteiger partial charge in [-0.3, -0.25) is 4.79 Å². The van der Waals surface area contributed by atoms with E-state index in [0.717, 1.165) is 5.56 Å². The second-order valence-electron chi connectivity index (χ2n) is 4.72. The number of carbonyl (C=O) groups is 1. The molecule has 0 spiro atoms. The van der Waals surface area contributed by atoms with Crippen LogP contribution in [0.5, 0.6) is 0 Å². The Bertz CT molecular complexity index is 722. The van der Waals surface area contributed by atoms with Crippen LogP contribution in [0.25, 0.3) is 0 Å². The van der Waals surface area contributed by atoms with Gasteiger partial charge in [-0.25, -0.2) is 13.6 Å². The van der Waals surface area contributed by atoms with Crippen molar-refractivity contribution < 1.29 is 13.2 Å². The van der Waals surface area contributed by atoms with Crippen molar-refractivity contribution in [3.8, 4) is 0 Å². The van der Waals surface area contributed by atoms with E-state index in [4.69, 9.17) is 5.14 Å². The summed E-state index contributed by atoms with van der Waals surface area (Å²) < 4.78 is 22.5. The predicted octanol–water partition coefficient (Wildman–Crippen LogP) is 2.23. The predicted molar refractivity (Wildman–Crippen MR) is 82.6 cm³/mol. The Labute approximate surface area is 128 Å². The van der Waals surface area contributed by atoms with Crippen LogP contribution < -0.4 is 5.14 Å². The second-order valence-corrected chi connectivity index (χ2v) is 7.06. The maximum atomic E-state index is 12.3. The maximum absolute atomic E-state index is 12.3. The zero-order chi connectivity index (χ0) is 15.6. The molecule has 1 aromatic carbocycles. The van der Waals surface area contributed by atoms with Gasteiger partial charge in [-0.2, -0.15) is 11.3 Å². The minimum Gasteiger partial charge on any atom is -0.335 e. The minimum absolute atomic E-state index is 0.0604. The summed E-state index contributed by atoms with van der Waals surface area (Å²) in [7, 11) is -1.98. The Morgan fingerprint density at radius 1 is 1.24 bits per heavy atom. The second kappa shape index (κ2) is 5.97. The highest BCUT2D eigenvalue weighted by atomic mass is 32.2. The van der Waals surface area contributed by atoms with Crippen molar-refractivity contribution in [2.24, 2.45) is 5.14 Å². The molecule has 21 heavy (non-hydrogen) atoms. The largest absolute Gasteiger partial charge is 0.335 e. The third-order valence-corrected chi connectivity index (χ3v) is 4.97. The number of sulfonamides is 1. The highest BCUT2D eigenvalue weighted by Crippen LogP contribution is 2.22. The van der Waals surface area contributed by atoms with Crippen molar-refractivity contribution in [1.29, 1.82) is 0 Å². The molecule has 112 valence electrons. The van der Waals surface area contributed by atoms with Crippen LogP contribution in [0.15, 0.2) is 46.0 Å². The number of hydrogen-bond donors (Lipinski definition) is 1. The van der Waals surface area contributed by atoms with Crippen LogP contribution in [0.2, 0.25) is 0 Å². The molecule has 2 N–H and O–H groups in total. The van der Waals surface area contributed by atoms with Gasteiger partial charge in [0, 0.05) is 12.4 Å². The lowest BCUT2D eigenvalue weighted by Gasteiger charge is -2.25. The van der Waals surface area contributed by atoms with Gasteiger partial charge in [0.2, 0.25) is 10.0 Å². The third-order valence-electron chi connectivity index (χ3n) is 3.36. The first-order chi connectivity index (χ1) is 9.80. The fourth-order valence-electron chi connectivity index (χ4n) is 1.93. The number of benzene rings is 1. The molecule has 0 fully saturated rings. The molecule has 1 amide bonds. The summed E-state index contributed by atoms with van der Waals surface area (Å²) in [6, 6.07) is 7.84. The van der Waals surface area contributed by atoms with Gasteiger partial charge in [0.25, 0.3) is 5.91 Å². The molecule has 5 nitrogen and oxygen atoms in total. The third kappa shape index (κ3) is 3.49. The smallest absolute Gasteiger partial charge is 0.254 e. The molecule has 1 heterocycles. The number of hydrogen-bond acceptors (Lipinski definition) is 4. The van der Waals surface area contributed by atoms with Crippen LogP contribution in [0, 0.1) is 0 Å². The topological polar surface area (TPSA) is 80.5 Å². The van der Waals surface area contributed by atoms with Gasteiger partial charge in [-0.1, -0.05) is 12.1 Å². The Hall–Kier alpha value is -1.70. The summed E-state index contributed by atoms with van der Waals surface area (Å²) >= 11 is 1.47. The van der Waals surface area contributed by atoms with E-state index in [1.54, 1.807) is 35.5 Å². The van der Waals surface area contributed by atoms with Crippen molar-refractivity contribution >= 4 is 27.3 Å². The molecule has 1 unspecified atom stereocenters. The number of primary sulfonamides is 1. The lowest BCUT2D eigenvalue weighted by Crippen LogP contribution is -2.29. The van der Waals surface area contributed by atoms with Gasteiger partial charge in [-0.15, -0.1) is 0 Å². The molecule has 1 atom stereocenters. The molecule has 7 heteroatoms. The van der Waals surface area contributed by atoms with Crippen molar-refractivity contribution in [2.45, 2.75) is 17.9 Å². The highest BCUT2D eigenvalue weighted by molar-refractivity contribution is 7.89. The molecular weight excluding hydrogens is 308 g/mol. The molecule has 0 aliphatic heterocycles. The first-order valence-corrected chi connectivity index (χ1v) is 8.71. The number of amides is 1. The van der Waals surface area contributed by atoms with Gasteiger partial charge in [0.05, 0.1) is 16.5 Å². The van der Waals surface area contributed by atoms with Crippen molar-refractivity contribution in [3.05, 3.63) is 52.2 Å². The first kappa shape index (κ1) is 15.7. The fraction of sp³-hybridized carbons (Fsp3) is 0.214. The van der Waals surface area contributed by atoms with Crippen LogP contribution >= 0.6 is 11.3 Å². The Morgan fingerprint density at radius 2 is 1.86 bits per heavy atom. The van der Waals surface area contributed by atoms with Gasteiger partial charge in [0.15, 0.2) is 0 Å². The average Bonchev–Trinajstić information content (AvgIpc) is 2.98. The molecule has 0 aliphatic carbocycles. The minimum atomic E-state index is -3.70. The van der Waals surface area contributed by atoms with E-state index >= 15 is 0 Å². The van der Waals surface area contributed by atoms with Gasteiger partial charge in [-0.05, 0) is 36.1 Å². The summed E-state index contributed by atoms with van der Waals surface area (Å²) in [5.41, 5.74) is 1.49. The normalized spacial score (nSPS) is 12.9. The molecule has 0 aliphatic rings. The van der Waals surface area contributed by atoms with E-state index < -0.39 is 10.0 Å². The molecule has 2 aromatic rings. The van der Waals surface area contributed by atoms with Crippen LogP contribution in [-0.4, -0.2) is 26.3 Å². The van der Waals surface area contributed by atoms with Gasteiger partial charge < -0.3 is 4.90 Å². The molecule has 0 bridgehead atoms. The average molecular weight is 324 g/mol. The molecule has 0 saturated carbocycles. The van der Waals surface area contributed by atoms with Crippen LogP contribution in [0.3, 0.4) is 0 Å². The lowest BCUT2D eigenvalue weighted by atomic mass is 10.1. The van der Waals surface area contributed by atoms with Gasteiger partial charge >= 0.3 is 0 Å².